The van der Waals surface area contributed by atoms with Gasteiger partial charge in [0.1, 0.15) is 0 Å². The first-order valence-corrected chi connectivity index (χ1v) is 8.86. The van der Waals surface area contributed by atoms with E-state index >= 15 is 0 Å². The van der Waals surface area contributed by atoms with E-state index in [2.05, 4.69) is 9.97 Å². The Morgan fingerprint density at radius 2 is 1.96 bits per heavy atom. The van der Waals surface area contributed by atoms with Crippen molar-refractivity contribution in [2.45, 2.75) is 25.4 Å². The van der Waals surface area contributed by atoms with Crippen molar-refractivity contribution in [2.75, 3.05) is 13.7 Å². The van der Waals surface area contributed by atoms with Crippen molar-refractivity contribution in [3.05, 3.63) is 46.5 Å². The number of pyridine rings is 1. The molecular formula is C19H19ClF3N3O. The van der Waals surface area contributed by atoms with Gasteiger partial charge in [0.05, 0.1) is 34.6 Å². The Labute approximate surface area is 159 Å². The number of nitrogens with zero attached hydrogens (tertiary/aromatic N) is 1. The smallest absolute Gasteiger partial charge is 0.418 e. The molecule has 4 nitrogen and oxygen atoms in total. The van der Waals surface area contributed by atoms with Crippen LogP contribution in [0.4, 0.5) is 13.2 Å². The van der Waals surface area contributed by atoms with E-state index in [4.69, 9.17) is 22.1 Å². The lowest BCUT2D eigenvalue weighted by molar-refractivity contribution is -0.136. The summed E-state index contributed by atoms with van der Waals surface area (Å²) in [5, 5.41) is 0.647. The second-order valence-corrected chi connectivity index (χ2v) is 6.54. The van der Waals surface area contributed by atoms with Crippen molar-refractivity contribution in [1.29, 1.82) is 0 Å². The van der Waals surface area contributed by atoms with Gasteiger partial charge < -0.3 is 15.5 Å². The van der Waals surface area contributed by atoms with Gasteiger partial charge in [0.25, 0.3) is 0 Å². The molecule has 1 aromatic carbocycles. The number of hydrogen-bond donors (Lipinski definition) is 2. The van der Waals surface area contributed by atoms with Gasteiger partial charge >= 0.3 is 6.18 Å². The normalized spacial score (nSPS) is 11.9. The summed E-state index contributed by atoms with van der Waals surface area (Å²) in [7, 11) is 1.48. The van der Waals surface area contributed by atoms with Gasteiger partial charge in [-0.25, -0.2) is 4.98 Å². The number of H-pyrrole nitrogens is 1. The zero-order valence-corrected chi connectivity index (χ0v) is 15.4. The lowest BCUT2D eigenvalue weighted by atomic mass is 10.0. The summed E-state index contributed by atoms with van der Waals surface area (Å²) in [4.78, 5) is 7.29. The van der Waals surface area contributed by atoms with Gasteiger partial charge in [-0.1, -0.05) is 17.7 Å². The highest BCUT2D eigenvalue weighted by Gasteiger charge is 2.34. The summed E-state index contributed by atoms with van der Waals surface area (Å²) >= 11 is 6.30. The van der Waals surface area contributed by atoms with Gasteiger partial charge in [-0.3, -0.25) is 0 Å². The molecule has 0 aliphatic carbocycles. The van der Waals surface area contributed by atoms with Crippen LogP contribution in [0.2, 0.25) is 5.02 Å². The van der Waals surface area contributed by atoms with Crippen LogP contribution in [0.25, 0.3) is 22.3 Å². The minimum atomic E-state index is -4.50. The summed E-state index contributed by atoms with van der Waals surface area (Å²) in [6.45, 7) is 0.511. The standard InChI is InChI=1S/C19H19ClF3N3O/c1-27-15-7-4-6-14(25-15)17-11(5-2-3-10-24)16-13(20)9-8-12(18(16)26-17)19(21,22)23/h4,6-9,26H,2-3,5,10,24H2,1H3. The lowest BCUT2D eigenvalue weighted by Gasteiger charge is -2.09. The van der Waals surface area contributed by atoms with Crippen LogP contribution >= 0.6 is 11.6 Å². The zero-order valence-electron chi connectivity index (χ0n) is 14.7. The second kappa shape index (κ2) is 7.78. The summed E-state index contributed by atoms with van der Waals surface area (Å²) in [5.74, 6) is 0.376. The molecule has 0 spiro atoms. The van der Waals surface area contributed by atoms with E-state index in [9.17, 15) is 13.2 Å². The van der Waals surface area contributed by atoms with Crippen molar-refractivity contribution in [3.63, 3.8) is 0 Å². The fourth-order valence-corrected chi connectivity index (χ4v) is 3.42. The van der Waals surface area contributed by atoms with E-state index in [-0.39, 0.29) is 10.5 Å². The highest BCUT2D eigenvalue weighted by atomic mass is 35.5. The fraction of sp³-hybridized carbons (Fsp3) is 0.316. The van der Waals surface area contributed by atoms with Crippen molar-refractivity contribution >= 4 is 22.5 Å². The first-order chi connectivity index (χ1) is 12.9. The van der Waals surface area contributed by atoms with E-state index < -0.39 is 11.7 Å². The number of fused-ring (bicyclic) bond motifs is 1. The third kappa shape index (κ3) is 3.89. The van der Waals surface area contributed by atoms with Crippen LogP contribution in [0.5, 0.6) is 5.88 Å². The molecular weight excluding hydrogens is 379 g/mol. The van der Waals surface area contributed by atoms with E-state index in [1.165, 1.54) is 13.2 Å². The topological polar surface area (TPSA) is 63.9 Å². The predicted octanol–water partition coefficient (Wildman–Crippen LogP) is 5.19. The van der Waals surface area contributed by atoms with Crippen molar-refractivity contribution in [3.8, 4) is 17.3 Å². The number of halogens is 4. The minimum Gasteiger partial charge on any atom is -0.481 e. The number of nitrogens with two attached hydrogens (primary N) is 1. The van der Waals surface area contributed by atoms with Crippen LogP contribution < -0.4 is 10.5 Å². The summed E-state index contributed by atoms with van der Waals surface area (Å²) in [6.07, 6.45) is -2.48. The Morgan fingerprint density at radius 1 is 1.19 bits per heavy atom. The first kappa shape index (κ1) is 19.5. The maximum atomic E-state index is 13.5. The Balaban J connectivity index is 2.27. The van der Waals surface area contributed by atoms with Gasteiger partial charge in [0.2, 0.25) is 5.88 Å². The Hall–Kier alpha value is -2.25. The number of aromatic nitrogens is 2. The Morgan fingerprint density at radius 3 is 2.63 bits per heavy atom. The van der Waals surface area contributed by atoms with Crippen molar-refractivity contribution in [2.24, 2.45) is 5.73 Å². The average molecular weight is 398 g/mol. The lowest BCUT2D eigenvalue weighted by Crippen LogP contribution is -2.05. The monoisotopic (exact) mass is 397 g/mol. The van der Waals surface area contributed by atoms with Crippen LogP contribution in [0, 0.1) is 0 Å². The number of unbranched alkanes of at least 4 members (excludes halogenated alkanes) is 1. The molecule has 144 valence electrons. The molecule has 0 fully saturated rings. The van der Waals surface area contributed by atoms with Crippen LogP contribution in [0.1, 0.15) is 24.0 Å². The van der Waals surface area contributed by atoms with Gasteiger partial charge in [0, 0.05) is 11.5 Å². The maximum absolute atomic E-state index is 13.5. The van der Waals surface area contributed by atoms with E-state index in [0.29, 0.717) is 41.2 Å². The maximum Gasteiger partial charge on any atom is 0.418 e. The van der Waals surface area contributed by atoms with Gasteiger partial charge in [-0.15, -0.1) is 0 Å². The van der Waals surface area contributed by atoms with Crippen molar-refractivity contribution in [1.82, 2.24) is 9.97 Å². The summed E-state index contributed by atoms with van der Waals surface area (Å²) < 4.78 is 45.7. The molecule has 0 aliphatic heterocycles. The predicted molar refractivity (Wildman–Crippen MR) is 100 cm³/mol. The molecule has 3 N–H and O–H groups in total. The largest absolute Gasteiger partial charge is 0.481 e. The summed E-state index contributed by atoms with van der Waals surface area (Å²) in [6, 6.07) is 7.42. The number of alkyl halides is 3. The average Bonchev–Trinajstić information content (AvgIpc) is 3.01. The number of benzene rings is 1. The molecule has 0 amide bonds. The molecule has 2 aromatic heterocycles. The highest BCUT2D eigenvalue weighted by molar-refractivity contribution is 6.36. The van der Waals surface area contributed by atoms with E-state index in [1.54, 1.807) is 18.2 Å². The first-order valence-electron chi connectivity index (χ1n) is 8.48. The molecule has 0 saturated carbocycles. The third-order valence-electron chi connectivity index (χ3n) is 4.38. The number of nitrogens with one attached hydrogen (secondary N) is 1. The van der Waals surface area contributed by atoms with Gasteiger partial charge in [-0.2, -0.15) is 13.2 Å². The molecule has 27 heavy (non-hydrogen) atoms. The summed E-state index contributed by atoms with van der Waals surface area (Å²) in [5.41, 5.74) is 6.50. The number of aromatic amines is 1. The fourth-order valence-electron chi connectivity index (χ4n) is 3.15. The van der Waals surface area contributed by atoms with Crippen LogP contribution in [-0.2, 0) is 12.6 Å². The molecule has 2 heterocycles. The number of rotatable bonds is 6. The second-order valence-electron chi connectivity index (χ2n) is 6.13. The number of methoxy groups -OCH3 is 1. The molecule has 0 bridgehead atoms. The van der Waals surface area contributed by atoms with Crippen LogP contribution in [0.15, 0.2) is 30.3 Å². The van der Waals surface area contributed by atoms with Gasteiger partial charge in [0.15, 0.2) is 0 Å². The molecule has 0 unspecified atom stereocenters. The van der Waals surface area contributed by atoms with Crippen LogP contribution in [0.3, 0.4) is 0 Å². The zero-order chi connectivity index (χ0) is 19.6. The third-order valence-corrected chi connectivity index (χ3v) is 4.70. The number of ether oxygens (including phenoxy) is 1. The molecule has 0 atom stereocenters. The minimum absolute atomic E-state index is 0.0302. The SMILES string of the molecule is COc1cccc(-c2[nH]c3c(C(F)(F)F)ccc(Cl)c3c2CCCCN)n1. The van der Waals surface area contributed by atoms with Crippen molar-refractivity contribution < 1.29 is 17.9 Å². The van der Waals surface area contributed by atoms with E-state index in [0.717, 1.165) is 18.9 Å². The number of hydrogen-bond acceptors (Lipinski definition) is 3. The van der Waals surface area contributed by atoms with Crippen LogP contribution in [-0.4, -0.2) is 23.6 Å². The molecule has 0 aliphatic rings. The Kier molecular flexibility index (Phi) is 5.62. The number of aryl methyl sites for hydroxylation is 1. The molecule has 3 rings (SSSR count). The van der Waals surface area contributed by atoms with Gasteiger partial charge in [-0.05, 0) is 49.6 Å². The van der Waals surface area contributed by atoms with E-state index in [1.807, 2.05) is 0 Å². The quantitative estimate of drug-likeness (QED) is 0.562. The Bertz CT molecular complexity index is 953. The molecule has 0 saturated heterocycles. The molecule has 3 aromatic rings. The molecule has 8 heteroatoms. The highest BCUT2D eigenvalue weighted by Crippen LogP contribution is 2.42. The molecule has 0 radical (unpaired) electrons.